The average Bonchev–Trinajstić information content (AvgIpc) is 2.90. The molecule has 2 aromatic rings. The monoisotopic (exact) mass is 246 g/mol. The molecule has 1 heterocycles. The van der Waals surface area contributed by atoms with Gasteiger partial charge in [-0.05, 0) is 19.1 Å². The summed E-state index contributed by atoms with van der Waals surface area (Å²) in [5.74, 6) is 1.36. The van der Waals surface area contributed by atoms with Crippen LogP contribution in [-0.4, -0.2) is 34.8 Å². The van der Waals surface area contributed by atoms with Gasteiger partial charge in [0.15, 0.2) is 11.5 Å². The second kappa shape index (κ2) is 5.81. The van der Waals surface area contributed by atoms with Crippen molar-refractivity contribution in [3.8, 4) is 11.5 Å². The Morgan fingerprint density at radius 3 is 2.78 bits per heavy atom. The lowest BCUT2D eigenvalue weighted by Crippen LogP contribution is -1.98. The molecule has 0 aliphatic rings. The number of aromatic nitrogens is 3. The van der Waals surface area contributed by atoms with Crippen molar-refractivity contribution < 1.29 is 9.47 Å². The third-order valence-electron chi connectivity index (χ3n) is 2.25. The Labute approximate surface area is 105 Å². The number of hydrogen-bond donors (Lipinski definition) is 0. The highest BCUT2D eigenvalue weighted by Gasteiger charge is 2.07. The van der Waals surface area contributed by atoms with E-state index in [1.807, 2.05) is 25.1 Å². The fourth-order valence-corrected chi connectivity index (χ4v) is 1.51. The molecule has 0 amide bonds. The maximum atomic E-state index is 5.49. The predicted molar refractivity (Wildman–Crippen MR) is 67.2 cm³/mol. The predicted octanol–water partition coefficient (Wildman–Crippen LogP) is 1.57. The van der Waals surface area contributed by atoms with Gasteiger partial charge in [-0.15, -0.1) is 10.2 Å². The van der Waals surface area contributed by atoms with Crippen LogP contribution in [0.3, 0.4) is 0 Å². The SMILES string of the molecule is CCOc1cccc(/C=N\n2cnnc2)c1OC. The second-order valence-electron chi connectivity index (χ2n) is 3.40. The van der Waals surface area contributed by atoms with E-state index in [2.05, 4.69) is 15.3 Å². The summed E-state index contributed by atoms with van der Waals surface area (Å²) in [7, 11) is 1.61. The van der Waals surface area contributed by atoms with Crippen molar-refractivity contribution in [1.82, 2.24) is 14.9 Å². The molecule has 0 fully saturated rings. The number of para-hydroxylation sites is 1. The highest BCUT2D eigenvalue weighted by Crippen LogP contribution is 2.29. The summed E-state index contributed by atoms with van der Waals surface area (Å²) in [6, 6.07) is 5.65. The molecule has 1 aromatic heterocycles. The van der Waals surface area contributed by atoms with E-state index >= 15 is 0 Å². The first-order valence-corrected chi connectivity index (χ1v) is 5.54. The number of rotatable bonds is 5. The fourth-order valence-electron chi connectivity index (χ4n) is 1.51. The molecule has 1 aromatic carbocycles. The molecule has 6 nitrogen and oxygen atoms in total. The van der Waals surface area contributed by atoms with Crippen LogP contribution in [0.15, 0.2) is 36.0 Å². The topological polar surface area (TPSA) is 61.5 Å². The number of ether oxygens (including phenoxy) is 2. The summed E-state index contributed by atoms with van der Waals surface area (Å²) in [4.78, 5) is 0. The van der Waals surface area contributed by atoms with Crippen LogP contribution >= 0.6 is 0 Å². The summed E-state index contributed by atoms with van der Waals surface area (Å²) >= 11 is 0. The van der Waals surface area contributed by atoms with Crippen molar-refractivity contribution in [3.05, 3.63) is 36.4 Å². The van der Waals surface area contributed by atoms with Crippen molar-refractivity contribution in [3.63, 3.8) is 0 Å². The summed E-state index contributed by atoms with van der Waals surface area (Å²) in [5.41, 5.74) is 0.831. The summed E-state index contributed by atoms with van der Waals surface area (Å²) in [5, 5.41) is 11.5. The minimum absolute atomic E-state index is 0.586. The van der Waals surface area contributed by atoms with Gasteiger partial charge in [0.05, 0.1) is 19.9 Å². The van der Waals surface area contributed by atoms with E-state index < -0.39 is 0 Å². The van der Waals surface area contributed by atoms with Crippen molar-refractivity contribution in [2.24, 2.45) is 5.10 Å². The Hall–Kier alpha value is -2.37. The van der Waals surface area contributed by atoms with E-state index in [1.165, 1.54) is 17.3 Å². The second-order valence-corrected chi connectivity index (χ2v) is 3.40. The molecule has 0 spiro atoms. The molecule has 0 saturated carbocycles. The Morgan fingerprint density at radius 2 is 2.11 bits per heavy atom. The summed E-state index contributed by atoms with van der Waals surface area (Å²) < 4.78 is 12.3. The third-order valence-corrected chi connectivity index (χ3v) is 2.25. The van der Waals surface area contributed by atoms with E-state index in [0.29, 0.717) is 18.1 Å². The fraction of sp³-hybridized carbons (Fsp3) is 0.250. The molecule has 0 aliphatic heterocycles. The van der Waals surface area contributed by atoms with Gasteiger partial charge < -0.3 is 9.47 Å². The maximum Gasteiger partial charge on any atom is 0.169 e. The minimum atomic E-state index is 0.586. The third kappa shape index (κ3) is 2.65. The zero-order valence-electron chi connectivity index (χ0n) is 10.3. The molecule has 0 atom stereocenters. The number of methoxy groups -OCH3 is 1. The van der Waals surface area contributed by atoms with E-state index in [1.54, 1.807) is 13.3 Å². The molecule has 2 rings (SSSR count). The molecular weight excluding hydrogens is 232 g/mol. The van der Waals surface area contributed by atoms with Crippen molar-refractivity contribution in [1.29, 1.82) is 0 Å². The van der Waals surface area contributed by atoms with Crippen molar-refractivity contribution in [2.45, 2.75) is 6.92 Å². The smallest absolute Gasteiger partial charge is 0.169 e. The highest BCUT2D eigenvalue weighted by molar-refractivity contribution is 5.85. The van der Waals surface area contributed by atoms with E-state index in [9.17, 15) is 0 Å². The Kier molecular flexibility index (Phi) is 3.90. The summed E-state index contributed by atoms with van der Waals surface area (Å²) in [6.07, 6.45) is 4.69. The number of nitrogens with zero attached hydrogens (tertiary/aromatic N) is 4. The van der Waals surface area contributed by atoms with Gasteiger partial charge >= 0.3 is 0 Å². The molecule has 0 saturated heterocycles. The standard InChI is InChI=1S/C12H14N4O2/c1-3-18-11-6-4-5-10(12(11)17-2)7-15-16-8-13-14-9-16/h4-9H,3H2,1-2H3/b15-7-. The quantitative estimate of drug-likeness (QED) is 0.751. The Morgan fingerprint density at radius 1 is 1.33 bits per heavy atom. The first kappa shape index (κ1) is 12.1. The molecular formula is C12H14N4O2. The lowest BCUT2D eigenvalue weighted by atomic mass is 10.2. The van der Waals surface area contributed by atoms with Crippen LogP contribution in [0.4, 0.5) is 0 Å². The van der Waals surface area contributed by atoms with Gasteiger partial charge in [-0.1, -0.05) is 6.07 Å². The van der Waals surface area contributed by atoms with Crippen LogP contribution in [0.5, 0.6) is 11.5 Å². The number of hydrogen-bond acceptors (Lipinski definition) is 5. The van der Waals surface area contributed by atoms with E-state index in [-0.39, 0.29) is 0 Å². The Balaban J connectivity index is 2.29. The molecule has 0 bridgehead atoms. The molecule has 6 heteroatoms. The van der Waals surface area contributed by atoms with Gasteiger partial charge in [-0.25, -0.2) is 4.68 Å². The van der Waals surface area contributed by atoms with Crippen molar-refractivity contribution in [2.75, 3.05) is 13.7 Å². The number of benzene rings is 1. The first-order valence-electron chi connectivity index (χ1n) is 5.54. The van der Waals surface area contributed by atoms with Gasteiger partial charge in [0.2, 0.25) is 0 Å². The largest absolute Gasteiger partial charge is 0.492 e. The molecule has 94 valence electrons. The van der Waals surface area contributed by atoms with Crippen LogP contribution in [0.2, 0.25) is 0 Å². The molecule has 0 unspecified atom stereocenters. The average molecular weight is 246 g/mol. The zero-order valence-corrected chi connectivity index (χ0v) is 10.3. The minimum Gasteiger partial charge on any atom is -0.492 e. The van der Waals surface area contributed by atoms with Crippen LogP contribution in [-0.2, 0) is 0 Å². The summed E-state index contributed by atoms with van der Waals surface area (Å²) in [6.45, 7) is 2.51. The van der Waals surface area contributed by atoms with E-state index in [4.69, 9.17) is 9.47 Å². The molecule has 0 radical (unpaired) electrons. The van der Waals surface area contributed by atoms with Crippen LogP contribution in [0.25, 0.3) is 0 Å². The van der Waals surface area contributed by atoms with Gasteiger partial charge in [-0.3, -0.25) is 0 Å². The van der Waals surface area contributed by atoms with Crippen LogP contribution < -0.4 is 9.47 Å². The molecule has 18 heavy (non-hydrogen) atoms. The van der Waals surface area contributed by atoms with Crippen molar-refractivity contribution >= 4 is 6.21 Å². The Bertz CT molecular complexity index is 523. The van der Waals surface area contributed by atoms with E-state index in [0.717, 1.165) is 5.56 Å². The van der Waals surface area contributed by atoms with Gasteiger partial charge in [0, 0.05) is 5.56 Å². The van der Waals surface area contributed by atoms with Gasteiger partial charge in [0.1, 0.15) is 12.7 Å². The maximum absolute atomic E-state index is 5.49. The first-order chi connectivity index (χ1) is 8.85. The van der Waals surface area contributed by atoms with Crippen LogP contribution in [0, 0.1) is 0 Å². The van der Waals surface area contributed by atoms with Crippen LogP contribution in [0.1, 0.15) is 12.5 Å². The normalized spacial score (nSPS) is 10.8. The molecule has 0 aliphatic carbocycles. The lowest BCUT2D eigenvalue weighted by molar-refractivity contribution is 0.310. The van der Waals surface area contributed by atoms with Gasteiger partial charge in [0.25, 0.3) is 0 Å². The lowest BCUT2D eigenvalue weighted by Gasteiger charge is -2.10. The highest BCUT2D eigenvalue weighted by atomic mass is 16.5. The molecule has 0 N–H and O–H groups in total. The zero-order chi connectivity index (χ0) is 12.8. The van der Waals surface area contributed by atoms with Gasteiger partial charge in [-0.2, -0.15) is 5.10 Å².